The van der Waals surface area contributed by atoms with Crippen molar-refractivity contribution in [2.75, 3.05) is 18.6 Å². The summed E-state index contributed by atoms with van der Waals surface area (Å²) in [4.78, 5) is 46.8. The van der Waals surface area contributed by atoms with Gasteiger partial charge in [0.2, 0.25) is 0 Å². The second kappa shape index (κ2) is 8.02. The van der Waals surface area contributed by atoms with Gasteiger partial charge in [-0.1, -0.05) is 17.3 Å². The first-order chi connectivity index (χ1) is 13.4. The van der Waals surface area contributed by atoms with Gasteiger partial charge >= 0.3 is 5.97 Å². The fraction of sp³-hybridized carbons (Fsp3) is 0.312. The minimum atomic E-state index is -1.18. The highest BCUT2D eigenvalue weighted by Gasteiger charge is 2.54. The van der Waals surface area contributed by atoms with E-state index in [2.05, 4.69) is 15.5 Å². The van der Waals surface area contributed by atoms with Crippen molar-refractivity contribution in [3.8, 4) is 0 Å². The number of nitrogen functional groups attached to an aromatic ring is 1. The highest BCUT2D eigenvalue weighted by Crippen LogP contribution is 2.40. The van der Waals surface area contributed by atoms with E-state index in [9.17, 15) is 19.5 Å². The molecule has 2 aliphatic rings. The minimum absolute atomic E-state index is 0.0598. The Morgan fingerprint density at radius 2 is 2.29 bits per heavy atom. The Balaban J connectivity index is 1.80. The molecule has 1 unspecified atom stereocenters. The van der Waals surface area contributed by atoms with Crippen LogP contribution in [0.1, 0.15) is 12.6 Å². The van der Waals surface area contributed by atoms with Crippen LogP contribution in [0.25, 0.3) is 0 Å². The number of hydrogen-bond donors (Lipinski definition) is 3. The van der Waals surface area contributed by atoms with Crippen LogP contribution in [0.3, 0.4) is 0 Å². The number of carboxylic acids is 1. The number of aromatic nitrogens is 1. The number of hydrogen-bond acceptors (Lipinski definition) is 9. The fourth-order valence-electron chi connectivity index (χ4n) is 2.87. The number of nitrogens with zero attached hydrogens (tertiary/aromatic N) is 3. The van der Waals surface area contributed by atoms with Gasteiger partial charge in [0.25, 0.3) is 11.8 Å². The van der Waals surface area contributed by atoms with Gasteiger partial charge < -0.3 is 21.0 Å². The zero-order valence-corrected chi connectivity index (χ0v) is 16.5. The number of carbonyl (C=O) groups is 3. The third-order valence-electron chi connectivity index (χ3n) is 4.02. The molecule has 1 saturated heterocycles. The molecule has 3 rings (SSSR count). The molecule has 0 radical (unpaired) electrons. The Kier molecular flexibility index (Phi) is 5.70. The van der Waals surface area contributed by atoms with Crippen molar-refractivity contribution in [2.24, 2.45) is 5.16 Å². The smallest absolute Gasteiger partial charge is 0.352 e. The minimum Gasteiger partial charge on any atom is -0.477 e. The lowest BCUT2D eigenvalue weighted by Gasteiger charge is -2.49. The van der Waals surface area contributed by atoms with Crippen LogP contribution in [0.4, 0.5) is 5.13 Å². The molecule has 0 aromatic carbocycles. The van der Waals surface area contributed by atoms with Crippen molar-refractivity contribution in [3.63, 3.8) is 0 Å². The lowest BCUT2D eigenvalue weighted by atomic mass is 10.0. The molecule has 0 aliphatic carbocycles. The SMILES string of the molecule is C/C=C/C1=C(C(=O)O)N2C(=O)C(NC(=O)/C(=N/OC)c3csc(N)n3)[C@H]2SC1. The predicted molar refractivity (Wildman–Crippen MR) is 105 cm³/mol. The quantitative estimate of drug-likeness (QED) is 0.338. The molecular formula is C16H17N5O5S2. The highest BCUT2D eigenvalue weighted by atomic mass is 32.2. The average Bonchev–Trinajstić information content (AvgIpc) is 3.09. The van der Waals surface area contributed by atoms with Gasteiger partial charge in [-0.25, -0.2) is 9.78 Å². The number of β-lactam (4-membered cyclic amide) rings is 1. The van der Waals surface area contributed by atoms with Crippen molar-refractivity contribution < 1.29 is 24.3 Å². The molecule has 0 spiro atoms. The van der Waals surface area contributed by atoms with Gasteiger partial charge in [0.05, 0.1) is 0 Å². The van der Waals surface area contributed by atoms with E-state index in [1.807, 2.05) is 0 Å². The molecule has 1 aromatic rings. The molecule has 3 heterocycles. The number of thiazole rings is 1. The number of carbonyl (C=O) groups excluding carboxylic acids is 2. The van der Waals surface area contributed by atoms with Crippen LogP contribution < -0.4 is 11.1 Å². The Morgan fingerprint density at radius 3 is 2.86 bits per heavy atom. The molecule has 1 aromatic heterocycles. The molecule has 10 nitrogen and oxygen atoms in total. The number of amides is 2. The molecular weight excluding hydrogens is 406 g/mol. The Labute approximate surface area is 168 Å². The standard InChI is InChI=1S/C16H17N5O5S2/c1-3-4-7-5-27-14-10(13(23)21(14)11(7)15(24)25)19-12(22)9(20-26-2)8-6-28-16(17)18-8/h3-4,6,10,14H,5H2,1-2H3,(H2,17,18)(H,19,22)(H,24,25)/b4-3+,20-9+/t10?,14-/m1/s1. The molecule has 2 amide bonds. The van der Waals surface area contributed by atoms with Crippen molar-refractivity contribution in [2.45, 2.75) is 18.3 Å². The maximum Gasteiger partial charge on any atom is 0.352 e. The Hall–Kier alpha value is -2.86. The van der Waals surface area contributed by atoms with Gasteiger partial charge in [-0.15, -0.1) is 23.1 Å². The average molecular weight is 423 g/mol. The van der Waals surface area contributed by atoms with Gasteiger partial charge in [-0.3, -0.25) is 14.5 Å². The van der Waals surface area contributed by atoms with Crippen LogP contribution in [0.5, 0.6) is 0 Å². The number of anilines is 1. The number of aliphatic carboxylic acids is 1. The van der Waals surface area contributed by atoms with Gasteiger partial charge in [0.15, 0.2) is 10.8 Å². The van der Waals surface area contributed by atoms with Gasteiger partial charge in [0.1, 0.15) is 29.9 Å². The van der Waals surface area contributed by atoms with Crippen molar-refractivity contribution in [1.82, 2.24) is 15.2 Å². The number of nitrogens with one attached hydrogen (secondary N) is 1. The third kappa shape index (κ3) is 3.47. The summed E-state index contributed by atoms with van der Waals surface area (Å²) in [6, 6.07) is -0.878. The molecule has 0 bridgehead atoms. The second-order valence-electron chi connectivity index (χ2n) is 5.73. The molecule has 2 aliphatic heterocycles. The fourth-order valence-corrected chi connectivity index (χ4v) is 4.74. The molecule has 1 fully saturated rings. The summed E-state index contributed by atoms with van der Waals surface area (Å²) in [6.07, 6.45) is 3.39. The molecule has 0 saturated carbocycles. The number of oxime groups is 1. The molecule has 28 heavy (non-hydrogen) atoms. The van der Waals surface area contributed by atoms with Crippen LogP contribution in [0, 0.1) is 0 Å². The van der Waals surface area contributed by atoms with Gasteiger partial charge in [-0.2, -0.15) is 0 Å². The molecule has 12 heteroatoms. The van der Waals surface area contributed by atoms with Gasteiger partial charge in [0, 0.05) is 11.1 Å². The first kappa shape index (κ1) is 19.9. The monoisotopic (exact) mass is 423 g/mol. The summed E-state index contributed by atoms with van der Waals surface area (Å²) in [5, 5.41) is 17.1. The van der Waals surface area contributed by atoms with Crippen molar-refractivity contribution in [1.29, 1.82) is 0 Å². The number of fused-ring (bicyclic) bond motifs is 1. The summed E-state index contributed by atoms with van der Waals surface area (Å²) in [5.74, 6) is -1.93. The van der Waals surface area contributed by atoms with E-state index in [0.717, 1.165) is 11.3 Å². The number of allylic oxidation sites excluding steroid dienone is 2. The normalized spacial score (nSPS) is 22.1. The Bertz CT molecular complexity index is 922. The van der Waals surface area contributed by atoms with E-state index in [-0.39, 0.29) is 22.2 Å². The van der Waals surface area contributed by atoms with Crippen molar-refractivity contribution in [3.05, 3.63) is 34.5 Å². The maximum absolute atomic E-state index is 12.6. The van der Waals surface area contributed by atoms with Crippen molar-refractivity contribution >= 4 is 51.7 Å². The van der Waals surface area contributed by atoms with Crippen LogP contribution in [0.2, 0.25) is 0 Å². The topological polar surface area (TPSA) is 147 Å². The van der Waals surface area contributed by atoms with Gasteiger partial charge in [-0.05, 0) is 12.5 Å². The zero-order chi connectivity index (χ0) is 20.4. The van der Waals surface area contributed by atoms with Crippen LogP contribution >= 0.6 is 23.1 Å². The predicted octanol–water partition coefficient (Wildman–Crippen LogP) is 0.391. The Morgan fingerprint density at radius 1 is 1.54 bits per heavy atom. The summed E-state index contributed by atoms with van der Waals surface area (Å²) in [6.45, 7) is 1.77. The van der Waals surface area contributed by atoms with Crippen LogP contribution in [-0.4, -0.2) is 62.8 Å². The summed E-state index contributed by atoms with van der Waals surface area (Å²) < 4.78 is 0. The van der Waals surface area contributed by atoms with Crippen LogP contribution in [0.15, 0.2) is 34.0 Å². The summed E-state index contributed by atoms with van der Waals surface area (Å²) in [7, 11) is 1.28. The van der Waals surface area contributed by atoms with E-state index in [4.69, 9.17) is 10.6 Å². The first-order valence-corrected chi connectivity index (χ1v) is 9.99. The molecule has 2 atom stereocenters. The number of nitrogens with two attached hydrogens (primary N) is 1. The lowest BCUT2D eigenvalue weighted by molar-refractivity contribution is -0.150. The van der Waals surface area contributed by atoms with Crippen LogP contribution in [-0.2, 0) is 19.2 Å². The van der Waals surface area contributed by atoms with E-state index >= 15 is 0 Å². The second-order valence-corrected chi connectivity index (χ2v) is 7.73. The van der Waals surface area contributed by atoms with E-state index in [1.54, 1.807) is 24.5 Å². The highest BCUT2D eigenvalue weighted by molar-refractivity contribution is 8.00. The number of rotatable bonds is 6. The lowest BCUT2D eigenvalue weighted by Crippen LogP contribution is -2.71. The zero-order valence-electron chi connectivity index (χ0n) is 14.9. The third-order valence-corrected chi connectivity index (χ3v) is 5.99. The molecule has 148 valence electrons. The number of thioether (sulfide) groups is 1. The maximum atomic E-state index is 12.6. The van der Waals surface area contributed by atoms with E-state index in [1.165, 1.54) is 23.8 Å². The molecule has 4 N–H and O–H groups in total. The van der Waals surface area contributed by atoms with E-state index in [0.29, 0.717) is 11.3 Å². The summed E-state index contributed by atoms with van der Waals surface area (Å²) >= 11 is 2.51. The number of carboxylic acid groups (broad SMARTS) is 1. The largest absolute Gasteiger partial charge is 0.477 e. The first-order valence-electron chi connectivity index (χ1n) is 8.06. The van der Waals surface area contributed by atoms with E-state index < -0.39 is 29.2 Å². The summed E-state index contributed by atoms with van der Waals surface area (Å²) in [5.41, 5.74) is 6.19.